The summed E-state index contributed by atoms with van der Waals surface area (Å²) in [6.07, 6.45) is 0. The predicted octanol–water partition coefficient (Wildman–Crippen LogP) is 15.1. The van der Waals surface area contributed by atoms with Crippen molar-refractivity contribution in [3.05, 3.63) is 188 Å². The summed E-state index contributed by atoms with van der Waals surface area (Å²) in [5.41, 5.74) is 9.88. The quantitative estimate of drug-likeness (QED) is 0.167. The maximum Gasteiger partial charge on any atom is 0.135 e. The number of rotatable bonds is 5. The molecule has 53 heavy (non-hydrogen) atoms. The van der Waals surface area contributed by atoms with Crippen LogP contribution in [0.3, 0.4) is 0 Å². The van der Waals surface area contributed by atoms with Gasteiger partial charge >= 0.3 is 0 Å². The fourth-order valence-electron chi connectivity index (χ4n) is 8.35. The van der Waals surface area contributed by atoms with Gasteiger partial charge in [0.15, 0.2) is 0 Å². The fourth-order valence-corrected chi connectivity index (χ4v) is 9.58. The third kappa shape index (κ3) is 4.64. The van der Waals surface area contributed by atoms with E-state index in [-0.39, 0.29) is 0 Å². The van der Waals surface area contributed by atoms with Gasteiger partial charge in [0, 0.05) is 58.7 Å². The van der Waals surface area contributed by atoms with E-state index in [1.807, 2.05) is 17.4 Å². The summed E-state index contributed by atoms with van der Waals surface area (Å²) in [6.45, 7) is 0. The third-order valence-corrected chi connectivity index (χ3v) is 11.9. The van der Waals surface area contributed by atoms with E-state index in [1.54, 1.807) is 0 Å². The van der Waals surface area contributed by atoms with Crippen LogP contribution >= 0.6 is 11.3 Å². The van der Waals surface area contributed by atoms with Gasteiger partial charge in [-0.15, -0.1) is 11.3 Å². The van der Waals surface area contributed by atoms with Crippen molar-refractivity contribution in [1.82, 2.24) is 0 Å². The summed E-state index contributed by atoms with van der Waals surface area (Å²) in [6, 6.07) is 68.1. The predicted molar refractivity (Wildman–Crippen MR) is 227 cm³/mol. The second kappa shape index (κ2) is 11.9. The molecule has 0 radical (unpaired) electrons. The minimum absolute atomic E-state index is 0.880. The molecule has 0 atom stereocenters. The van der Waals surface area contributed by atoms with Crippen molar-refractivity contribution in [2.75, 3.05) is 4.90 Å². The van der Waals surface area contributed by atoms with Crippen LogP contribution in [0.5, 0.6) is 0 Å². The molecule has 0 aliphatic carbocycles. The van der Waals surface area contributed by atoms with Crippen LogP contribution in [0.1, 0.15) is 0 Å². The second-order valence-electron chi connectivity index (χ2n) is 13.6. The topological polar surface area (TPSA) is 16.4 Å². The SMILES string of the molecule is c1ccc(-c2c(N(c3ccc4oc5ccccc5c4c3)c3ccccc3-c3cccc4c3sc3ccccc34)c3ccccc3c3ccccc23)cc1. The van der Waals surface area contributed by atoms with Crippen LogP contribution in [0, 0.1) is 0 Å². The molecule has 0 bridgehead atoms. The van der Waals surface area contributed by atoms with Crippen molar-refractivity contribution in [3.8, 4) is 22.3 Å². The molecule has 0 aliphatic heterocycles. The van der Waals surface area contributed by atoms with Gasteiger partial charge in [-0.3, -0.25) is 0 Å². The van der Waals surface area contributed by atoms with Crippen molar-refractivity contribution in [3.63, 3.8) is 0 Å². The molecule has 0 saturated heterocycles. The van der Waals surface area contributed by atoms with Crippen LogP contribution in [-0.2, 0) is 0 Å². The number of hydrogen-bond donors (Lipinski definition) is 0. The average molecular weight is 694 g/mol. The van der Waals surface area contributed by atoms with Gasteiger partial charge in [0.2, 0.25) is 0 Å². The van der Waals surface area contributed by atoms with Crippen LogP contribution in [0.2, 0.25) is 0 Å². The molecule has 0 amide bonds. The van der Waals surface area contributed by atoms with Crippen molar-refractivity contribution in [2.24, 2.45) is 0 Å². The highest BCUT2D eigenvalue weighted by molar-refractivity contribution is 7.26. The van der Waals surface area contributed by atoms with Crippen molar-refractivity contribution in [1.29, 1.82) is 0 Å². The first kappa shape index (κ1) is 30.0. The molecule has 11 aromatic rings. The Bertz CT molecular complexity index is 3190. The van der Waals surface area contributed by atoms with E-state index in [4.69, 9.17) is 4.42 Å². The lowest BCUT2D eigenvalue weighted by atomic mass is 9.89. The molecule has 3 heteroatoms. The number of thiophene rings is 1. The summed E-state index contributed by atoms with van der Waals surface area (Å²) in [7, 11) is 0. The lowest BCUT2D eigenvalue weighted by Crippen LogP contribution is -2.13. The lowest BCUT2D eigenvalue weighted by molar-refractivity contribution is 0.669. The van der Waals surface area contributed by atoms with Gasteiger partial charge in [-0.2, -0.15) is 0 Å². The molecule has 11 rings (SSSR count). The van der Waals surface area contributed by atoms with Crippen molar-refractivity contribution >= 4 is 92.1 Å². The van der Waals surface area contributed by atoms with E-state index >= 15 is 0 Å². The Balaban J connectivity index is 1.30. The summed E-state index contributed by atoms with van der Waals surface area (Å²) >= 11 is 1.87. The van der Waals surface area contributed by atoms with Gasteiger partial charge in [-0.25, -0.2) is 0 Å². The van der Waals surface area contributed by atoms with Crippen LogP contribution in [0.15, 0.2) is 192 Å². The van der Waals surface area contributed by atoms with Crippen LogP contribution < -0.4 is 4.90 Å². The van der Waals surface area contributed by atoms with Crippen molar-refractivity contribution in [2.45, 2.75) is 0 Å². The zero-order chi connectivity index (χ0) is 34.9. The Kier molecular flexibility index (Phi) is 6.76. The van der Waals surface area contributed by atoms with Gasteiger partial charge in [-0.1, -0.05) is 152 Å². The first-order valence-corrected chi connectivity index (χ1v) is 18.8. The molecular formula is C50H31NOS. The van der Waals surface area contributed by atoms with Gasteiger partial charge < -0.3 is 9.32 Å². The minimum Gasteiger partial charge on any atom is -0.456 e. The maximum absolute atomic E-state index is 6.37. The summed E-state index contributed by atoms with van der Waals surface area (Å²) < 4.78 is 8.97. The second-order valence-corrected chi connectivity index (χ2v) is 14.6. The van der Waals surface area contributed by atoms with Crippen LogP contribution in [0.4, 0.5) is 17.1 Å². The first-order chi connectivity index (χ1) is 26.3. The minimum atomic E-state index is 0.880. The van der Waals surface area contributed by atoms with Crippen molar-refractivity contribution < 1.29 is 4.42 Å². The third-order valence-electron chi connectivity index (χ3n) is 10.6. The standard InChI is InChI=1S/C50H31NOS/c1-2-15-32(16-3-1)48-39-22-6-4-17-34(39)35-18-5-7-23-40(35)49(48)51(33-29-30-46-43(31-33)37-20-9-12-27-45(37)52-46)44-26-11-8-19-36(44)41-24-14-25-42-38-21-10-13-28-47(38)53-50(41)42/h1-31H. The van der Waals surface area contributed by atoms with E-state index in [9.17, 15) is 0 Å². The van der Waals surface area contributed by atoms with E-state index in [2.05, 4.69) is 187 Å². The van der Waals surface area contributed by atoms with Gasteiger partial charge in [0.1, 0.15) is 11.2 Å². The van der Waals surface area contributed by atoms with Gasteiger partial charge in [0.25, 0.3) is 0 Å². The molecule has 0 spiro atoms. The molecule has 248 valence electrons. The fraction of sp³-hybridized carbons (Fsp3) is 0. The molecule has 0 N–H and O–H groups in total. The number of hydrogen-bond acceptors (Lipinski definition) is 3. The molecule has 0 aliphatic rings. The Morgan fingerprint density at radius 2 is 1.00 bits per heavy atom. The normalized spacial score (nSPS) is 11.8. The van der Waals surface area contributed by atoms with Gasteiger partial charge in [0.05, 0.1) is 11.4 Å². The zero-order valence-corrected chi connectivity index (χ0v) is 29.5. The number of nitrogens with zero attached hydrogens (tertiary/aromatic N) is 1. The highest BCUT2D eigenvalue weighted by atomic mass is 32.1. The number of anilines is 3. The van der Waals surface area contributed by atoms with Gasteiger partial charge in [-0.05, 0) is 58.1 Å². The van der Waals surface area contributed by atoms with Crippen LogP contribution in [0.25, 0.3) is 85.9 Å². The summed E-state index contributed by atoms with van der Waals surface area (Å²) in [5.74, 6) is 0. The summed E-state index contributed by atoms with van der Waals surface area (Å²) in [4.78, 5) is 2.51. The Morgan fingerprint density at radius 3 is 1.85 bits per heavy atom. The molecule has 2 aromatic heterocycles. The number of fused-ring (bicyclic) bond motifs is 9. The average Bonchev–Trinajstić information content (AvgIpc) is 3.80. The monoisotopic (exact) mass is 693 g/mol. The Labute approximate surface area is 310 Å². The van der Waals surface area contributed by atoms with E-state index in [0.29, 0.717) is 0 Å². The highest BCUT2D eigenvalue weighted by Gasteiger charge is 2.26. The molecule has 0 unspecified atom stereocenters. The Morgan fingerprint density at radius 1 is 0.396 bits per heavy atom. The first-order valence-electron chi connectivity index (χ1n) is 18.0. The van der Waals surface area contributed by atoms with E-state index in [1.165, 1.54) is 64.0 Å². The molecule has 9 aromatic carbocycles. The highest BCUT2D eigenvalue weighted by Crippen LogP contribution is 2.52. The molecule has 0 fully saturated rings. The van der Waals surface area contributed by atoms with E-state index < -0.39 is 0 Å². The number of furan rings is 1. The zero-order valence-electron chi connectivity index (χ0n) is 28.7. The Hall–Kier alpha value is -6.68. The largest absolute Gasteiger partial charge is 0.456 e. The number of benzene rings is 9. The van der Waals surface area contributed by atoms with E-state index in [0.717, 1.165) is 39.0 Å². The molecule has 2 heterocycles. The number of para-hydroxylation sites is 2. The lowest BCUT2D eigenvalue weighted by Gasteiger charge is -2.32. The summed E-state index contributed by atoms with van der Waals surface area (Å²) in [5, 5.41) is 9.67. The molecular weight excluding hydrogens is 663 g/mol. The van der Waals surface area contributed by atoms with Crippen LogP contribution in [-0.4, -0.2) is 0 Å². The molecule has 0 saturated carbocycles. The maximum atomic E-state index is 6.37. The molecule has 2 nitrogen and oxygen atoms in total. The smallest absolute Gasteiger partial charge is 0.135 e.